The molecule has 0 amide bonds. The van der Waals surface area contributed by atoms with Crippen LogP contribution in [0.15, 0.2) is 36.9 Å². The molecule has 5 heterocycles. The number of likely N-dealkylation sites (N-methyl/N-ethyl adjacent to an activating group) is 1. The Labute approximate surface area is 163 Å². The van der Waals surface area contributed by atoms with Crippen LogP contribution in [0.5, 0.6) is 0 Å². The van der Waals surface area contributed by atoms with Crippen molar-refractivity contribution in [1.29, 1.82) is 0 Å². The van der Waals surface area contributed by atoms with E-state index in [0.717, 1.165) is 84.2 Å². The van der Waals surface area contributed by atoms with Gasteiger partial charge in [0.1, 0.15) is 5.52 Å². The summed E-state index contributed by atoms with van der Waals surface area (Å²) in [6.07, 6.45) is 8.49. The van der Waals surface area contributed by atoms with Gasteiger partial charge in [-0.3, -0.25) is 9.97 Å². The second-order valence-electron chi connectivity index (χ2n) is 7.57. The van der Waals surface area contributed by atoms with E-state index in [4.69, 9.17) is 4.98 Å². The number of hydrogen-bond acceptors (Lipinski definition) is 6. The van der Waals surface area contributed by atoms with Gasteiger partial charge >= 0.3 is 0 Å². The van der Waals surface area contributed by atoms with Crippen molar-refractivity contribution in [3.63, 3.8) is 0 Å². The molecule has 0 atom stereocenters. The highest BCUT2D eigenvalue weighted by molar-refractivity contribution is 6.15. The lowest BCUT2D eigenvalue weighted by Crippen LogP contribution is -2.44. The van der Waals surface area contributed by atoms with Gasteiger partial charge in [0.25, 0.3) is 0 Å². The maximum atomic E-state index is 4.87. The largest absolute Gasteiger partial charge is 0.383 e. The Morgan fingerprint density at radius 2 is 1.82 bits per heavy atom. The molecule has 4 aromatic rings. The average molecular weight is 375 g/mol. The summed E-state index contributed by atoms with van der Waals surface area (Å²) in [6, 6.07) is 3.97. The molecule has 2 N–H and O–H groups in total. The van der Waals surface area contributed by atoms with Crippen molar-refractivity contribution in [2.24, 2.45) is 0 Å². The summed E-state index contributed by atoms with van der Waals surface area (Å²) in [5.41, 5.74) is 5.09. The molecule has 0 spiro atoms. The van der Waals surface area contributed by atoms with Crippen LogP contribution in [0, 0.1) is 0 Å². The Balaban J connectivity index is 1.42. The number of aromatic nitrogens is 4. The molecule has 5 rings (SSSR count). The summed E-state index contributed by atoms with van der Waals surface area (Å²) in [5.74, 6) is 0. The average Bonchev–Trinajstić information content (AvgIpc) is 3.10. The normalized spacial score (nSPS) is 16.3. The minimum absolute atomic E-state index is 0.920. The molecule has 28 heavy (non-hydrogen) atoms. The van der Waals surface area contributed by atoms with Crippen molar-refractivity contribution in [1.82, 2.24) is 29.7 Å². The molecule has 1 fully saturated rings. The van der Waals surface area contributed by atoms with Gasteiger partial charge in [-0.15, -0.1) is 0 Å². The first-order valence-corrected chi connectivity index (χ1v) is 9.93. The lowest BCUT2D eigenvalue weighted by Gasteiger charge is -2.32. The van der Waals surface area contributed by atoms with Gasteiger partial charge in [-0.2, -0.15) is 0 Å². The molecule has 0 radical (unpaired) electrons. The summed E-state index contributed by atoms with van der Waals surface area (Å²) in [5, 5.41) is 5.77. The molecule has 0 aromatic carbocycles. The fourth-order valence-electron chi connectivity index (χ4n) is 4.02. The molecule has 0 unspecified atom stereocenters. The van der Waals surface area contributed by atoms with Crippen LogP contribution in [-0.4, -0.2) is 76.1 Å². The van der Waals surface area contributed by atoms with Crippen LogP contribution in [-0.2, 0) is 0 Å². The van der Waals surface area contributed by atoms with E-state index in [9.17, 15) is 0 Å². The van der Waals surface area contributed by atoms with Gasteiger partial charge in [-0.25, -0.2) is 4.98 Å². The zero-order valence-corrected chi connectivity index (χ0v) is 16.1. The van der Waals surface area contributed by atoms with Gasteiger partial charge in [-0.05, 0) is 32.1 Å². The van der Waals surface area contributed by atoms with E-state index in [-0.39, 0.29) is 0 Å². The first kappa shape index (κ1) is 17.3. The highest BCUT2D eigenvalue weighted by atomic mass is 15.2. The summed E-state index contributed by atoms with van der Waals surface area (Å²) < 4.78 is 0. The van der Waals surface area contributed by atoms with E-state index < -0.39 is 0 Å². The van der Waals surface area contributed by atoms with Gasteiger partial charge in [0.15, 0.2) is 0 Å². The van der Waals surface area contributed by atoms with E-state index in [1.54, 1.807) is 6.20 Å². The predicted molar refractivity (Wildman–Crippen MR) is 114 cm³/mol. The topological polar surface area (TPSA) is 73.0 Å². The minimum Gasteiger partial charge on any atom is -0.383 e. The molecule has 1 aliphatic heterocycles. The van der Waals surface area contributed by atoms with Gasteiger partial charge < -0.3 is 20.1 Å². The molecule has 4 aromatic heterocycles. The van der Waals surface area contributed by atoms with Crippen molar-refractivity contribution in [2.45, 2.75) is 6.42 Å². The molecular weight excluding hydrogens is 350 g/mol. The third-order valence-electron chi connectivity index (χ3n) is 5.67. The van der Waals surface area contributed by atoms with E-state index in [2.05, 4.69) is 37.1 Å². The van der Waals surface area contributed by atoms with E-state index in [1.807, 2.05) is 30.7 Å². The predicted octanol–water partition coefficient (Wildman–Crippen LogP) is 2.71. The number of H-pyrrole nitrogens is 1. The molecule has 0 saturated carbocycles. The second kappa shape index (κ2) is 7.33. The number of nitrogens with one attached hydrogen (secondary N) is 2. The van der Waals surface area contributed by atoms with Crippen LogP contribution < -0.4 is 5.32 Å². The summed E-state index contributed by atoms with van der Waals surface area (Å²) in [4.78, 5) is 21.9. The van der Waals surface area contributed by atoms with Crippen molar-refractivity contribution in [2.75, 3.05) is 51.6 Å². The van der Waals surface area contributed by atoms with E-state index in [0.29, 0.717) is 0 Å². The highest BCUT2D eigenvalue weighted by Crippen LogP contribution is 2.33. The number of hydrogen-bond donors (Lipinski definition) is 2. The van der Waals surface area contributed by atoms with Crippen LogP contribution in [0.3, 0.4) is 0 Å². The molecular formula is C21H25N7. The Kier molecular flexibility index (Phi) is 4.54. The van der Waals surface area contributed by atoms with E-state index in [1.165, 1.54) is 0 Å². The SMILES string of the molecule is CN1CCN(CCCNc2c3cnccc3nc3c2[nH]c2ccncc23)CC1. The minimum atomic E-state index is 0.920. The van der Waals surface area contributed by atoms with Crippen LogP contribution >= 0.6 is 0 Å². The monoisotopic (exact) mass is 375 g/mol. The van der Waals surface area contributed by atoms with Crippen molar-refractivity contribution in [3.8, 4) is 0 Å². The quantitative estimate of drug-likeness (QED) is 0.523. The number of rotatable bonds is 5. The number of anilines is 1. The van der Waals surface area contributed by atoms with Gasteiger partial charge in [0.2, 0.25) is 0 Å². The zero-order chi connectivity index (χ0) is 18.9. The molecule has 1 saturated heterocycles. The van der Waals surface area contributed by atoms with Crippen LogP contribution in [0.25, 0.3) is 32.8 Å². The Hall–Kier alpha value is -2.77. The fraction of sp³-hybridized carbons (Fsp3) is 0.381. The molecule has 0 aliphatic carbocycles. The number of nitrogens with zero attached hydrogens (tertiary/aromatic N) is 5. The summed E-state index contributed by atoms with van der Waals surface area (Å²) in [6.45, 7) is 6.70. The van der Waals surface area contributed by atoms with Gasteiger partial charge in [0, 0.05) is 68.3 Å². The number of pyridine rings is 3. The fourth-order valence-corrected chi connectivity index (χ4v) is 4.02. The Morgan fingerprint density at radius 3 is 2.68 bits per heavy atom. The smallest absolute Gasteiger partial charge is 0.100 e. The molecule has 0 bridgehead atoms. The van der Waals surface area contributed by atoms with Crippen LogP contribution in [0.4, 0.5) is 5.69 Å². The molecule has 7 heteroatoms. The Morgan fingerprint density at radius 1 is 1.04 bits per heavy atom. The number of aromatic amines is 1. The lowest BCUT2D eigenvalue weighted by atomic mass is 10.2. The number of fused-ring (bicyclic) bond motifs is 4. The molecule has 1 aliphatic rings. The highest BCUT2D eigenvalue weighted by Gasteiger charge is 2.15. The van der Waals surface area contributed by atoms with Gasteiger partial charge in [-0.1, -0.05) is 0 Å². The Bertz CT molecular complexity index is 1110. The van der Waals surface area contributed by atoms with Crippen molar-refractivity contribution >= 4 is 38.5 Å². The third kappa shape index (κ3) is 3.16. The third-order valence-corrected chi connectivity index (χ3v) is 5.67. The summed E-state index contributed by atoms with van der Waals surface area (Å²) in [7, 11) is 2.20. The second-order valence-corrected chi connectivity index (χ2v) is 7.57. The standard InChI is InChI=1S/C21H25N7/c1-27-9-11-28(12-10-27)8-2-5-24-19-15-13-22-6-3-17(15)25-20-16-14-23-7-4-18(16)26-21(19)20/h3-4,6-7,13-14,26H,2,5,8-12H2,1H3,(H,24,25). The maximum absolute atomic E-state index is 4.87. The lowest BCUT2D eigenvalue weighted by molar-refractivity contribution is 0.154. The van der Waals surface area contributed by atoms with Crippen molar-refractivity contribution in [3.05, 3.63) is 36.9 Å². The first-order valence-electron chi connectivity index (χ1n) is 9.93. The molecule has 144 valence electrons. The zero-order valence-electron chi connectivity index (χ0n) is 16.1. The maximum Gasteiger partial charge on any atom is 0.100 e. The van der Waals surface area contributed by atoms with Crippen LogP contribution in [0.1, 0.15) is 6.42 Å². The van der Waals surface area contributed by atoms with E-state index >= 15 is 0 Å². The first-order chi connectivity index (χ1) is 13.8. The summed E-state index contributed by atoms with van der Waals surface area (Å²) >= 11 is 0. The number of piperazine rings is 1. The van der Waals surface area contributed by atoms with Gasteiger partial charge in [0.05, 0.1) is 22.2 Å². The van der Waals surface area contributed by atoms with Crippen LogP contribution in [0.2, 0.25) is 0 Å². The molecule has 7 nitrogen and oxygen atoms in total. The van der Waals surface area contributed by atoms with Crippen molar-refractivity contribution < 1.29 is 0 Å².